The van der Waals surface area contributed by atoms with Crippen molar-refractivity contribution in [2.24, 2.45) is 5.41 Å². The summed E-state index contributed by atoms with van der Waals surface area (Å²) in [5.41, 5.74) is 2.88. The summed E-state index contributed by atoms with van der Waals surface area (Å²) >= 11 is 0. The number of rotatable bonds is 4. The maximum atomic E-state index is 4.26. The van der Waals surface area contributed by atoms with Crippen molar-refractivity contribution in [2.75, 3.05) is 0 Å². The number of hydrogen-bond acceptors (Lipinski definition) is 2. The van der Waals surface area contributed by atoms with E-state index in [4.69, 9.17) is 0 Å². The van der Waals surface area contributed by atoms with E-state index in [0.717, 1.165) is 12.2 Å². The smallest absolute Gasteiger partial charge is 0.0645 e. The van der Waals surface area contributed by atoms with Gasteiger partial charge in [0.05, 0.1) is 5.69 Å². The van der Waals surface area contributed by atoms with E-state index in [1.54, 1.807) is 6.20 Å². The second kappa shape index (κ2) is 6.02. The summed E-state index contributed by atoms with van der Waals surface area (Å²) in [5, 5.41) is 8.02. The normalized spacial score (nSPS) is 21.3. The summed E-state index contributed by atoms with van der Waals surface area (Å²) in [6.07, 6.45) is 9.16. The second-order valence-electron chi connectivity index (χ2n) is 6.78. The molecule has 1 unspecified atom stereocenters. The van der Waals surface area contributed by atoms with Crippen LogP contribution in [0.2, 0.25) is 0 Å². The fourth-order valence-electron chi connectivity index (χ4n) is 3.30. The number of hydrogen-bond donors (Lipinski definition) is 1. The van der Waals surface area contributed by atoms with Crippen LogP contribution in [0.1, 0.15) is 45.1 Å². The van der Waals surface area contributed by atoms with Crippen LogP contribution in [0.4, 0.5) is 0 Å². The summed E-state index contributed by atoms with van der Waals surface area (Å²) in [5.74, 6) is 0. The molecule has 0 amide bonds. The van der Waals surface area contributed by atoms with Gasteiger partial charge in [-0.15, -0.1) is 0 Å². The first-order valence-corrected chi connectivity index (χ1v) is 7.97. The Balaban J connectivity index is 1.61. The molecule has 0 aliphatic heterocycles. The highest BCUT2D eigenvalue weighted by molar-refractivity contribution is 5.33. The van der Waals surface area contributed by atoms with Gasteiger partial charge in [0.2, 0.25) is 0 Å². The van der Waals surface area contributed by atoms with E-state index in [-0.39, 0.29) is 0 Å². The second-order valence-corrected chi connectivity index (χ2v) is 6.78. The van der Waals surface area contributed by atoms with Gasteiger partial charge in [-0.2, -0.15) is 5.10 Å². The monoisotopic (exact) mass is 283 g/mol. The van der Waals surface area contributed by atoms with E-state index in [1.165, 1.54) is 31.2 Å². The maximum Gasteiger partial charge on any atom is 0.0645 e. The van der Waals surface area contributed by atoms with E-state index < -0.39 is 0 Å². The van der Waals surface area contributed by atoms with Crippen molar-refractivity contribution in [1.29, 1.82) is 0 Å². The third-order valence-corrected chi connectivity index (χ3v) is 4.77. The van der Waals surface area contributed by atoms with Gasteiger partial charge in [0, 0.05) is 25.0 Å². The molecule has 3 nitrogen and oxygen atoms in total. The first kappa shape index (κ1) is 14.3. The van der Waals surface area contributed by atoms with Crippen molar-refractivity contribution in [3.63, 3.8) is 0 Å². The van der Waals surface area contributed by atoms with Crippen LogP contribution in [0, 0.1) is 5.41 Å². The topological polar surface area (TPSA) is 29.9 Å². The highest BCUT2D eigenvalue weighted by Crippen LogP contribution is 2.35. The Bertz CT molecular complexity index is 555. The summed E-state index contributed by atoms with van der Waals surface area (Å²) in [7, 11) is 0. The van der Waals surface area contributed by atoms with Crippen LogP contribution in [0.3, 0.4) is 0 Å². The molecule has 1 saturated carbocycles. The van der Waals surface area contributed by atoms with Crippen molar-refractivity contribution in [3.05, 3.63) is 48.3 Å². The average molecular weight is 283 g/mol. The number of benzene rings is 1. The minimum Gasteiger partial charge on any atom is -0.309 e. The lowest BCUT2D eigenvalue weighted by Gasteiger charge is -2.39. The third-order valence-electron chi connectivity index (χ3n) is 4.77. The van der Waals surface area contributed by atoms with Crippen molar-refractivity contribution in [3.8, 4) is 5.69 Å². The Morgan fingerprint density at radius 1 is 1.24 bits per heavy atom. The van der Waals surface area contributed by atoms with Gasteiger partial charge in [0.25, 0.3) is 0 Å². The van der Waals surface area contributed by atoms with Gasteiger partial charge in [-0.1, -0.05) is 38.8 Å². The molecule has 1 aliphatic rings. The van der Waals surface area contributed by atoms with Crippen LogP contribution >= 0.6 is 0 Å². The SMILES string of the molecule is CC1(C)CCCCC1NCc1ccc(-n2cccn2)cc1. The number of aromatic nitrogens is 2. The van der Waals surface area contributed by atoms with Crippen molar-refractivity contribution < 1.29 is 0 Å². The van der Waals surface area contributed by atoms with E-state index in [0.29, 0.717) is 11.5 Å². The first-order chi connectivity index (χ1) is 10.1. The lowest BCUT2D eigenvalue weighted by Crippen LogP contribution is -2.43. The molecule has 1 aromatic carbocycles. The first-order valence-electron chi connectivity index (χ1n) is 7.97. The molecule has 0 spiro atoms. The Morgan fingerprint density at radius 3 is 2.71 bits per heavy atom. The van der Waals surface area contributed by atoms with Crippen LogP contribution in [0.5, 0.6) is 0 Å². The third kappa shape index (κ3) is 3.35. The average Bonchev–Trinajstić information content (AvgIpc) is 3.00. The molecule has 0 bridgehead atoms. The van der Waals surface area contributed by atoms with Gasteiger partial charge in [0.1, 0.15) is 0 Å². The molecule has 21 heavy (non-hydrogen) atoms. The molecular weight excluding hydrogens is 258 g/mol. The Morgan fingerprint density at radius 2 is 2.05 bits per heavy atom. The van der Waals surface area contributed by atoms with Gasteiger partial charge in [-0.3, -0.25) is 0 Å². The van der Waals surface area contributed by atoms with Crippen LogP contribution in [0.25, 0.3) is 5.69 Å². The van der Waals surface area contributed by atoms with Crippen molar-refractivity contribution >= 4 is 0 Å². The van der Waals surface area contributed by atoms with Crippen LogP contribution in [0.15, 0.2) is 42.7 Å². The summed E-state index contributed by atoms with van der Waals surface area (Å²) < 4.78 is 1.89. The minimum atomic E-state index is 0.424. The molecule has 1 atom stereocenters. The zero-order chi connectivity index (χ0) is 14.7. The Kier molecular flexibility index (Phi) is 4.11. The molecular formula is C18H25N3. The molecule has 1 aliphatic carbocycles. The molecule has 0 radical (unpaired) electrons. The van der Waals surface area contributed by atoms with Gasteiger partial charge in [0.15, 0.2) is 0 Å². The minimum absolute atomic E-state index is 0.424. The predicted molar refractivity (Wildman–Crippen MR) is 86.4 cm³/mol. The standard InChI is InChI=1S/C18H25N3/c1-18(2)11-4-3-6-17(18)19-14-15-7-9-16(10-8-15)21-13-5-12-20-21/h5,7-10,12-13,17,19H,3-4,6,11,14H2,1-2H3. The largest absolute Gasteiger partial charge is 0.309 e. The summed E-state index contributed by atoms with van der Waals surface area (Å²) in [6, 6.07) is 11.2. The highest BCUT2D eigenvalue weighted by atomic mass is 15.3. The van der Waals surface area contributed by atoms with Gasteiger partial charge in [-0.05, 0) is 42.0 Å². The molecule has 2 aromatic rings. The molecule has 3 rings (SSSR count). The zero-order valence-electron chi connectivity index (χ0n) is 13.0. The van der Waals surface area contributed by atoms with Crippen molar-refractivity contribution in [1.82, 2.24) is 15.1 Å². The molecule has 3 heteroatoms. The van der Waals surface area contributed by atoms with Gasteiger partial charge < -0.3 is 5.32 Å². The zero-order valence-corrected chi connectivity index (χ0v) is 13.0. The van der Waals surface area contributed by atoms with Crippen LogP contribution in [-0.4, -0.2) is 15.8 Å². The predicted octanol–water partition coefficient (Wildman–Crippen LogP) is 3.93. The fourth-order valence-corrected chi connectivity index (χ4v) is 3.30. The maximum absolute atomic E-state index is 4.26. The van der Waals surface area contributed by atoms with Gasteiger partial charge in [-0.25, -0.2) is 4.68 Å². The summed E-state index contributed by atoms with van der Waals surface area (Å²) in [4.78, 5) is 0. The van der Waals surface area contributed by atoms with Crippen LogP contribution in [-0.2, 0) is 6.54 Å². The summed E-state index contributed by atoms with van der Waals surface area (Å²) in [6.45, 7) is 5.74. The lowest BCUT2D eigenvalue weighted by atomic mass is 9.73. The fraction of sp³-hybridized carbons (Fsp3) is 0.500. The van der Waals surface area contributed by atoms with E-state index in [2.05, 4.69) is 48.5 Å². The molecule has 112 valence electrons. The van der Waals surface area contributed by atoms with Crippen LogP contribution < -0.4 is 5.32 Å². The molecule has 0 saturated heterocycles. The Hall–Kier alpha value is -1.61. The molecule has 1 fully saturated rings. The highest BCUT2D eigenvalue weighted by Gasteiger charge is 2.31. The number of nitrogens with zero attached hydrogens (tertiary/aromatic N) is 2. The van der Waals surface area contributed by atoms with E-state index in [1.807, 2.05) is 16.9 Å². The Labute approximate surface area is 127 Å². The lowest BCUT2D eigenvalue weighted by molar-refractivity contribution is 0.167. The number of nitrogens with one attached hydrogen (secondary N) is 1. The van der Waals surface area contributed by atoms with E-state index in [9.17, 15) is 0 Å². The van der Waals surface area contributed by atoms with Gasteiger partial charge >= 0.3 is 0 Å². The molecule has 1 aromatic heterocycles. The molecule has 1 heterocycles. The van der Waals surface area contributed by atoms with Crippen molar-refractivity contribution in [2.45, 2.75) is 52.1 Å². The quantitative estimate of drug-likeness (QED) is 0.921. The van der Waals surface area contributed by atoms with E-state index >= 15 is 0 Å². The molecule has 1 N–H and O–H groups in total.